The molecule has 1 amide bonds. The van der Waals surface area contributed by atoms with Gasteiger partial charge in [0.25, 0.3) is 0 Å². The SMILES string of the molecule is CCN(C(=O)CSc1nnc(Cc2ccccc2)n1CC)c1ccccc1. The van der Waals surface area contributed by atoms with Gasteiger partial charge in [-0.25, -0.2) is 0 Å². The summed E-state index contributed by atoms with van der Waals surface area (Å²) in [6.45, 7) is 5.49. The van der Waals surface area contributed by atoms with Crippen LogP contribution in [0.4, 0.5) is 5.69 Å². The van der Waals surface area contributed by atoms with Crippen LogP contribution in [0.3, 0.4) is 0 Å². The first-order valence-electron chi connectivity index (χ1n) is 9.17. The van der Waals surface area contributed by atoms with E-state index >= 15 is 0 Å². The van der Waals surface area contributed by atoms with Crippen molar-refractivity contribution in [1.82, 2.24) is 14.8 Å². The van der Waals surface area contributed by atoms with Gasteiger partial charge in [0.1, 0.15) is 5.82 Å². The molecule has 3 aromatic rings. The molecule has 2 aromatic carbocycles. The van der Waals surface area contributed by atoms with Crippen LogP contribution in [0.15, 0.2) is 65.8 Å². The van der Waals surface area contributed by atoms with Crippen molar-refractivity contribution in [2.24, 2.45) is 0 Å². The van der Waals surface area contributed by atoms with Gasteiger partial charge in [0.05, 0.1) is 5.75 Å². The smallest absolute Gasteiger partial charge is 0.237 e. The molecular formula is C21H24N4OS. The summed E-state index contributed by atoms with van der Waals surface area (Å²) in [6.07, 6.45) is 0.737. The molecule has 1 heterocycles. The Morgan fingerprint density at radius 1 is 1.00 bits per heavy atom. The van der Waals surface area contributed by atoms with E-state index in [0.29, 0.717) is 12.3 Å². The van der Waals surface area contributed by atoms with Gasteiger partial charge in [0.15, 0.2) is 5.16 Å². The number of rotatable bonds is 8. The molecule has 0 N–H and O–H groups in total. The van der Waals surface area contributed by atoms with Gasteiger partial charge in [-0.05, 0) is 31.5 Å². The summed E-state index contributed by atoms with van der Waals surface area (Å²) >= 11 is 1.45. The number of carbonyl (C=O) groups excluding carboxylic acids is 1. The molecule has 27 heavy (non-hydrogen) atoms. The fourth-order valence-corrected chi connectivity index (χ4v) is 3.86. The van der Waals surface area contributed by atoms with Crippen LogP contribution in [0.2, 0.25) is 0 Å². The van der Waals surface area contributed by atoms with Crippen LogP contribution in [-0.2, 0) is 17.8 Å². The highest BCUT2D eigenvalue weighted by atomic mass is 32.2. The third-order valence-corrected chi connectivity index (χ3v) is 5.28. The average Bonchev–Trinajstić information content (AvgIpc) is 3.10. The molecule has 0 spiro atoms. The fraction of sp³-hybridized carbons (Fsp3) is 0.286. The number of carbonyl (C=O) groups is 1. The number of amides is 1. The number of aromatic nitrogens is 3. The van der Waals surface area contributed by atoms with Gasteiger partial charge in [-0.1, -0.05) is 60.3 Å². The summed E-state index contributed by atoms with van der Waals surface area (Å²) in [5.74, 6) is 1.34. The van der Waals surface area contributed by atoms with Crippen molar-refractivity contribution in [3.63, 3.8) is 0 Å². The molecule has 5 nitrogen and oxygen atoms in total. The number of thioether (sulfide) groups is 1. The van der Waals surface area contributed by atoms with Crippen molar-refractivity contribution in [2.45, 2.75) is 32.0 Å². The van der Waals surface area contributed by atoms with E-state index in [2.05, 4.69) is 33.8 Å². The summed E-state index contributed by atoms with van der Waals surface area (Å²) in [6, 6.07) is 20.0. The van der Waals surface area contributed by atoms with E-state index in [1.54, 1.807) is 4.90 Å². The van der Waals surface area contributed by atoms with E-state index in [-0.39, 0.29) is 5.91 Å². The normalized spacial score (nSPS) is 10.7. The molecule has 0 saturated heterocycles. The predicted octanol–water partition coefficient (Wildman–Crippen LogP) is 4.03. The number of hydrogen-bond donors (Lipinski definition) is 0. The second-order valence-electron chi connectivity index (χ2n) is 6.07. The molecule has 0 aliphatic rings. The molecule has 3 rings (SSSR count). The molecule has 0 saturated carbocycles. The Bertz CT molecular complexity index is 864. The quantitative estimate of drug-likeness (QED) is 0.554. The van der Waals surface area contributed by atoms with Crippen LogP contribution < -0.4 is 4.90 Å². The molecule has 1 aromatic heterocycles. The molecule has 0 radical (unpaired) electrons. The Hall–Kier alpha value is -2.60. The fourth-order valence-electron chi connectivity index (χ4n) is 2.97. The zero-order valence-electron chi connectivity index (χ0n) is 15.7. The van der Waals surface area contributed by atoms with Crippen LogP contribution in [0.25, 0.3) is 0 Å². The first-order chi connectivity index (χ1) is 13.2. The Labute approximate surface area is 164 Å². The first-order valence-corrected chi connectivity index (χ1v) is 10.2. The summed E-state index contributed by atoms with van der Waals surface area (Å²) in [4.78, 5) is 14.5. The molecule has 0 aliphatic carbocycles. The molecule has 0 unspecified atom stereocenters. The molecule has 0 aliphatic heterocycles. The molecule has 6 heteroatoms. The van der Waals surface area contributed by atoms with E-state index in [4.69, 9.17) is 0 Å². The second kappa shape index (κ2) is 9.37. The van der Waals surface area contributed by atoms with Gasteiger partial charge < -0.3 is 9.47 Å². The predicted molar refractivity (Wildman–Crippen MR) is 110 cm³/mol. The lowest BCUT2D eigenvalue weighted by molar-refractivity contribution is -0.116. The van der Waals surface area contributed by atoms with Crippen LogP contribution in [0.5, 0.6) is 0 Å². The van der Waals surface area contributed by atoms with Crippen molar-refractivity contribution in [3.8, 4) is 0 Å². The molecule has 0 bridgehead atoms. The standard InChI is InChI=1S/C21H24N4OS/c1-3-24(18-13-9-6-10-14-18)20(26)16-27-21-23-22-19(25(21)4-2)15-17-11-7-5-8-12-17/h5-14H,3-4,15-16H2,1-2H3. The highest BCUT2D eigenvalue weighted by Crippen LogP contribution is 2.21. The summed E-state index contributed by atoms with van der Waals surface area (Å²) in [7, 11) is 0. The lowest BCUT2D eigenvalue weighted by Gasteiger charge is -2.20. The summed E-state index contributed by atoms with van der Waals surface area (Å²) in [5.41, 5.74) is 2.13. The summed E-state index contributed by atoms with van der Waals surface area (Å²) in [5, 5.41) is 9.46. The largest absolute Gasteiger partial charge is 0.312 e. The number of anilines is 1. The average molecular weight is 381 g/mol. The molecule has 0 atom stereocenters. The maximum Gasteiger partial charge on any atom is 0.237 e. The molecule has 0 fully saturated rings. The lowest BCUT2D eigenvalue weighted by Crippen LogP contribution is -2.32. The minimum Gasteiger partial charge on any atom is -0.312 e. The van der Waals surface area contributed by atoms with Gasteiger partial charge in [0.2, 0.25) is 5.91 Å². The zero-order valence-corrected chi connectivity index (χ0v) is 16.5. The highest BCUT2D eigenvalue weighted by Gasteiger charge is 2.17. The van der Waals surface area contributed by atoms with Gasteiger partial charge in [-0.15, -0.1) is 10.2 Å². The maximum atomic E-state index is 12.7. The minimum atomic E-state index is 0.0731. The maximum absolute atomic E-state index is 12.7. The first kappa shape index (κ1) is 19.2. The van der Waals surface area contributed by atoms with E-state index in [9.17, 15) is 4.79 Å². The number of hydrogen-bond acceptors (Lipinski definition) is 4. The number of benzene rings is 2. The van der Waals surface area contributed by atoms with Crippen LogP contribution in [0, 0.1) is 0 Å². The van der Waals surface area contributed by atoms with Gasteiger partial charge in [0, 0.05) is 25.2 Å². The number of para-hydroxylation sites is 1. The Balaban J connectivity index is 1.68. The van der Waals surface area contributed by atoms with Crippen molar-refractivity contribution in [2.75, 3.05) is 17.2 Å². The van der Waals surface area contributed by atoms with E-state index in [1.165, 1.54) is 17.3 Å². The minimum absolute atomic E-state index is 0.0731. The Kier molecular flexibility index (Phi) is 6.65. The third kappa shape index (κ3) is 4.77. The van der Waals surface area contributed by atoms with Gasteiger partial charge in [-0.2, -0.15) is 0 Å². The van der Waals surface area contributed by atoms with Crippen LogP contribution in [-0.4, -0.2) is 33.0 Å². The zero-order chi connectivity index (χ0) is 19.1. The van der Waals surface area contributed by atoms with Crippen molar-refractivity contribution < 1.29 is 4.79 Å². The topological polar surface area (TPSA) is 51.0 Å². The van der Waals surface area contributed by atoms with Gasteiger partial charge >= 0.3 is 0 Å². The molecule has 140 valence electrons. The van der Waals surface area contributed by atoms with Crippen LogP contribution >= 0.6 is 11.8 Å². The van der Waals surface area contributed by atoms with E-state index in [0.717, 1.165) is 29.6 Å². The Morgan fingerprint density at radius 2 is 1.67 bits per heavy atom. The highest BCUT2D eigenvalue weighted by molar-refractivity contribution is 7.99. The van der Waals surface area contributed by atoms with Gasteiger partial charge in [-0.3, -0.25) is 4.79 Å². The van der Waals surface area contributed by atoms with E-state index < -0.39 is 0 Å². The molecular weight excluding hydrogens is 356 g/mol. The van der Waals surface area contributed by atoms with Crippen LogP contribution in [0.1, 0.15) is 25.2 Å². The monoisotopic (exact) mass is 380 g/mol. The van der Waals surface area contributed by atoms with Crippen molar-refractivity contribution >= 4 is 23.4 Å². The summed E-state index contributed by atoms with van der Waals surface area (Å²) < 4.78 is 2.09. The lowest BCUT2D eigenvalue weighted by atomic mass is 10.1. The third-order valence-electron chi connectivity index (χ3n) is 4.32. The van der Waals surface area contributed by atoms with Crippen molar-refractivity contribution in [3.05, 3.63) is 72.1 Å². The van der Waals surface area contributed by atoms with Crippen molar-refractivity contribution in [1.29, 1.82) is 0 Å². The second-order valence-corrected chi connectivity index (χ2v) is 7.01. The van der Waals surface area contributed by atoms with E-state index in [1.807, 2.05) is 55.5 Å². The number of nitrogens with zero attached hydrogens (tertiary/aromatic N) is 4. The Morgan fingerprint density at radius 3 is 2.30 bits per heavy atom.